The van der Waals surface area contributed by atoms with E-state index < -0.39 is 53.1 Å². The van der Waals surface area contributed by atoms with E-state index in [2.05, 4.69) is 10.1 Å². The number of amides is 2. The first kappa shape index (κ1) is 29.6. The van der Waals surface area contributed by atoms with Crippen LogP contribution in [0.5, 0.6) is 11.5 Å². The lowest BCUT2D eigenvalue weighted by molar-refractivity contribution is -0.118. The fourth-order valence-corrected chi connectivity index (χ4v) is 4.63. The summed E-state index contributed by atoms with van der Waals surface area (Å²) < 4.78 is 66.0. The van der Waals surface area contributed by atoms with E-state index in [9.17, 15) is 23.2 Å². The summed E-state index contributed by atoms with van der Waals surface area (Å²) in [4.78, 5) is 43.0. The van der Waals surface area contributed by atoms with Crippen LogP contribution in [0.2, 0.25) is 0 Å². The average Bonchev–Trinajstić information content (AvgIpc) is 3.22. The maximum atomic E-state index is 15.2. The summed E-state index contributed by atoms with van der Waals surface area (Å²) in [5.74, 6) is -5.04. The van der Waals surface area contributed by atoms with Gasteiger partial charge in [-0.15, -0.1) is 0 Å². The second-order valence-corrected chi connectivity index (χ2v) is 9.61. The highest BCUT2D eigenvalue weighted by Gasteiger charge is 2.46. The zero-order valence-electron chi connectivity index (χ0n) is 22.4. The number of ether oxygens (including phenoxy) is 2. The fraction of sp³-hybridized carbons (Fsp3) is 0.321. The second-order valence-electron chi connectivity index (χ2n) is 9.61. The SMILES string of the molecule is COc1cc(F)c([C@@H]2CN(c3cccn(CCN(C)C)c3=O)C(=O)[C@H]2NC(=O)c2ccc(OC(F)F)cc2)c(F)c1. The van der Waals surface area contributed by atoms with Gasteiger partial charge in [-0.3, -0.25) is 14.4 Å². The molecule has 2 amide bonds. The first-order valence-electron chi connectivity index (χ1n) is 12.5. The van der Waals surface area contributed by atoms with E-state index in [0.29, 0.717) is 13.1 Å². The number of hydrogen-bond donors (Lipinski definition) is 1. The van der Waals surface area contributed by atoms with Gasteiger partial charge >= 0.3 is 6.61 Å². The number of methoxy groups -OCH3 is 1. The minimum atomic E-state index is -3.06. The Morgan fingerprint density at radius 2 is 1.73 bits per heavy atom. The van der Waals surface area contributed by atoms with Gasteiger partial charge in [0.1, 0.15) is 34.9 Å². The Hall–Kier alpha value is -4.39. The van der Waals surface area contributed by atoms with Gasteiger partial charge in [0.25, 0.3) is 11.5 Å². The molecule has 1 aromatic heterocycles. The summed E-state index contributed by atoms with van der Waals surface area (Å²) in [6.07, 6.45) is 1.57. The summed E-state index contributed by atoms with van der Waals surface area (Å²) in [5.41, 5.74) is -0.978. The molecular formula is C28H28F4N4O5. The van der Waals surface area contributed by atoms with Crippen molar-refractivity contribution >= 4 is 17.5 Å². The number of likely N-dealkylation sites (N-methyl/N-ethyl adjacent to an activating group) is 1. The number of carbonyl (C=O) groups excluding carboxylic acids is 2. The molecule has 2 aromatic carbocycles. The van der Waals surface area contributed by atoms with Crippen LogP contribution in [-0.4, -0.2) is 68.2 Å². The Kier molecular flexibility index (Phi) is 8.96. The molecule has 1 aliphatic heterocycles. The standard InChI is InChI=1S/C28H28F4N4O5/c1-34(2)11-12-35-10-4-5-22(26(35)38)36-15-19(23-20(29)13-18(40-3)14-21(23)30)24(27(36)39)33-25(37)16-6-8-17(9-7-16)41-28(31)32/h4-10,13-14,19,24,28H,11-12,15H2,1-3H3,(H,33,37)/t19-,24-/m0/s1. The minimum Gasteiger partial charge on any atom is -0.497 e. The number of aromatic nitrogens is 1. The monoisotopic (exact) mass is 576 g/mol. The molecule has 2 atom stereocenters. The molecule has 9 nitrogen and oxygen atoms in total. The number of alkyl halides is 2. The van der Waals surface area contributed by atoms with Crippen LogP contribution in [0.15, 0.2) is 59.5 Å². The van der Waals surface area contributed by atoms with Gasteiger partial charge in [0.05, 0.1) is 7.11 Å². The van der Waals surface area contributed by atoms with E-state index in [0.717, 1.165) is 29.2 Å². The number of nitrogens with one attached hydrogen (secondary N) is 1. The van der Waals surface area contributed by atoms with Crippen LogP contribution in [0.3, 0.4) is 0 Å². The van der Waals surface area contributed by atoms with Crippen LogP contribution < -0.4 is 25.2 Å². The van der Waals surface area contributed by atoms with E-state index in [1.807, 2.05) is 19.0 Å². The maximum absolute atomic E-state index is 15.2. The van der Waals surface area contributed by atoms with Crippen molar-refractivity contribution in [2.75, 3.05) is 39.2 Å². The normalized spacial score (nSPS) is 16.9. The van der Waals surface area contributed by atoms with E-state index in [4.69, 9.17) is 4.74 Å². The zero-order valence-corrected chi connectivity index (χ0v) is 22.4. The van der Waals surface area contributed by atoms with Gasteiger partial charge in [-0.25, -0.2) is 8.78 Å². The van der Waals surface area contributed by atoms with Gasteiger partial charge in [0, 0.05) is 55.0 Å². The topological polar surface area (TPSA) is 93.1 Å². The van der Waals surface area contributed by atoms with Crippen LogP contribution >= 0.6 is 0 Å². The number of carbonyl (C=O) groups is 2. The number of halogens is 4. The van der Waals surface area contributed by atoms with Crippen LogP contribution in [0.4, 0.5) is 23.2 Å². The molecule has 1 saturated heterocycles. The van der Waals surface area contributed by atoms with E-state index >= 15 is 8.78 Å². The molecule has 4 rings (SSSR count). The summed E-state index contributed by atoms with van der Waals surface area (Å²) in [5, 5.41) is 2.51. The molecule has 41 heavy (non-hydrogen) atoms. The van der Waals surface area contributed by atoms with E-state index in [1.165, 1.54) is 29.9 Å². The van der Waals surface area contributed by atoms with Gasteiger partial charge in [-0.05, 0) is 50.5 Å². The second kappa shape index (κ2) is 12.4. The maximum Gasteiger partial charge on any atom is 0.387 e. The number of benzene rings is 2. The van der Waals surface area contributed by atoms with Crippen molar-refractivity contribution < 1.29 is 36.6 Å². The number of nitrogens with zero attached hydrogens (tertiary/aromatic N) is 3. The first-order chi connectivity index (χ1) is 19.5. The Labute approximate surface area is 232 Å². The number of anilines is 1. The predicted molar refractivity (Wildman–Crippen MR) is 142 cm³/mol. The van der Waals surface area contributed by atoms with Gasteiger partial charge < -0.3 is 29.2 Å². The van der Waals surface area contributed by atoms with Crippen molar-refractivity contribution in [3.05, 3.63) is 87.8 Å². The first-order valence-corrected chi connectivity index (χ1v) is 12.5. The Morgan fingerprint density at radius 1 is 1.07 bits per heavy atom. The molecule has 0 unspecified atom stereocenters. The van der Waals surface area contributed by atoms with Crippen LogP contribution in [0.25, 0.3) is 0 Å². The number of rotatable bonds is 10. The zero-order chi connectivity index (χ0) is 29.8. The Bertz CT molecular complexity index is 1460. The molecule has 0 bridgehead atoms. The van der Waals surface area contributed by atoms with Crippen molar-refractivity contribution in [1.82, 2.24) is 14.8 Å². The molecule has 218 valence electrons. The fourth-order valence-electron chi connectivity index (χ4n) is 4.63. The predicted octanol–water partition coefficient (Wildman–Crippen LogP) is 3.23. The summed E-state index contributed by atoms with van der Waals surface area (Å²) in [6, 6.07) is 8.16. The van der Waals surface area contributed by atoms with E-state index in [-0.39, 0.29) is 29.3 Å². The van der Waals surface area contributed by atoms with Gasteiger partial charge in [-0.1, -0.05) is 0 Å². The van der Waals surface area contributed by atoms with Gasteiger partial charge in [-0.2, -0.15) is 8.78 Å². The molecule has 1 aliphatic rings. The quantitative estimate of drug-likeness (QED) is 0.373. The molecule has 0 radical (unpaired) electrons. The molecule has 0 saturated carbocycles. The lowest BCUT2D eigenvalue weighted by atomic mass is 9.92. The Morgan fingerprint density at radius 3 is 2.32 bits per heavy atom. The molecule has 1 fully saturated rings. The minimum absolute atomic E-state index is 0.0131. The van der Waals surface area contributed by atoms with Crippen LogP contribution in [-0.2, 0) is 11.3 Å². The molecular weight excluding hydrogens is 548 g/mol. The summed E-state index contributed by atoms with van der Waals surface area (Å²) in [6.45, 7) is -2.49. The van der Waals surface area contributed by atoms with Gasteiger partial charge in [0.15, 0.2) is 0 Å². The molecule has 0 spiro atoms. The number of pyridine rings is 1. The van der Waals surface area contributed by atoms with Crippen molar-refractivity contribution in [1.29, 1.82) is 0 Å². The van der Waals surface area contributed by atoms with Crippen LogP contribution in [0.1, 0.15) is 21.8 Å². The largest absolute Gasteiger partial charge is 0.497 e. The van der Waals surface area contributed by atoms with Crippen molar-refractivity contribution in [2.24, 2.45) is 0 Å². The molecule has 1 N–H and O–H groups in total. The van der Waals surface area contributed by atoms with E-state index in [1.54, 1.807) is 12.3 Å². The highest BCUT2D eigenvalue weighted by atomic mass is 19.3. The van der Waals surface area contributed by atoms with Crippen molar-refractivity contribution in [2.45, 2.75) is 25.1 Å². The van der Waals surface area contributed by atoms with Crippen molar-refractivity contribution in [3.63, 3.8) is 0 Å². The molecule has 2 heterocycles. The van der Waals surface area contributed by atoms with Crippen LogP contribution in [0, 0.1) is 11.6 Å². The third-order valence-corrected chi connectivity index (χ3v) is 6.68. The smallest absolute Gasteiger partial charge is 0.387 e. The summed E-state index contributed by atoms with van der Waals surface area (Å²) >= 11 is 0. The third-order valence-electron chi connectivity index (χ3n) is 6.68. The molecule has 13 heteroatoms. The van der Waals surface area contributed by atoms with Crippen molar-refractivity contribution in [3.8, 4) is 11.5 Å². The Balaban J connectivity index is 1.70. The lowest BCUT2D eigenvalue weighted by Gasteiger charge is -2.20. The highest BCUT2D eigenvalue weighted by molar-refractivity contribution is 6.05. The molecule has 0 aliphatic carbocycles. The number of hydrogen-bond acceptors (Lipinski definition) is 6. The molecule has 3 aromatic rings. The highest BCUT2D eigenvalue weighted by Crippen LogP contribution is 2.36. The average molecular weight is 577 g/mol. The summed E-state index contributed by atoms with van der Waals surface area (Å²) in [7, 11) is 4.92. The van der Waals surface area contributed by atoms with Gasteiger partial charge in [0.2, 0.25) is 5.91 Å². The third kappa shape index (κ3) is 6.51. The lowest BCUT2D eigenvalue weighted by Crippen LogP contribution is -2.44.